The SMILES string of the molecule is [Cl-].[NH3+][C@@]1(C(=O)O)CC(C(=O)O)=C[C@H]1c1ccccc1. The molecule has 0 radical (unpaired) electrons. The van der Waals surface area contributed by atoms with Gasteiger partial charge in [-0.2, -0.15) is 0 Å². The van der Waals surface area contributed by atoms with Crippen LogP contribution in [0.3, 0.4) is 0 Å². The Balaban J connectivity index is 0.00000180. The fourth-order valence-corrected chi connectivity index (χ4v) is 2.30. The number of halogens is 1. The highest BCUT2D eigenvalue weighted by Gasteiger charge is 2.52. The lowest BCUT2D eigenvalue weighted by molar-refractivity contribution is -0.463. The Kier molecular flexibility index (Phi) is 4.34. The van der Waals surface area contributed by atoms with Crippen molar-refractivity contribution < 1.29 is 37.9 Å². The van der Waals surface area contributed by atoms with Crippen LogP contribution in [0, 0.1) is 0 Å². The monoisotopic (exact) mass is 283 g/mol. The summed E-state index contributed by atoms with van der Waals surface area (Å²) in [5, 5.41) is 18.3. The van der Waals surface area contributed by atoms with Gasteiger partial charge in [0, 0.05) is 12.0 Å². The van der Waals surface area contributed by atoms with Crippen LogP contribution in [0.4, 0.5) is 0 Å². The van der Waals surface area contributed by atoms with E-state index in [9.17, 15) is 14.7 Å². The second kappa shape index (κ2) is 5.42. The lowest BCUT2D eigenvalue weighted by atomic mass is 9.82. The molecule has 5 N–H and O–H groups in total. The van der Waals surface area contributed by atoms with Crippen molar-refractivity contribution in [3.05, 3.63) is 47.5 Å². The van der Waals surface area contributed by atoms with Crippen LogP contribution >= 0.6 is 0 Å². The van der Waals surface area contributed by atoms with Gasteiger partial charge in [0.2, 0.25) is 5.54 Å². The van der Waals surface area contributed by atoms with Gasteiger partial charge in [-0.25, -0.2) is 9.59 Å². The van der Waals surface area contributed by atoms with Gasteiger partial charge >= 0.3 is 11.9 Å². The first kappa shape index (κ1) is 15.2. The lowest BCUT2D eigenvalue weighted by Gasteiger charge is -2.23. The lowest BCUT2D eigenvalue weighted by Crippen LogP contribution is -3.00. The maximum Gasteiger partial charge on any atom is 0.366 e. The highest BCUT2D eigenvalue weighted by Crippen LogP contribution is 2.38. The predicted octanol–water partition coefficient (Wildman–Crippen LogP) is -2.75. The number of quaternary nitrogens is 1. The van der Waals surface area contributed by atoms with Gasteiger partial charge in [-0.3, -0.25) is 0 Å². The van der Waals surface area contributed by atoms with Gasteiger partial charge in [0.1, 0.15) is 0 Å². The van der Waals surface area contributed by atoms with Gasteiger partial charge in [-0.05, 0) is 5.56 Å². The Morgan fingerprint density at radius 1 is 1.21 bits per heavy atom. The molecular formula is C13H14ClNO4. The summed E-state index contributed by atoms with van der Waals surface area (Å²) >= 11 is 0. The van der Waals surface area contributed by atoms with Crippen LogP contribution in [0.1, 0.15) is 17.9 Å². The van der Waals surface area contributed by atoms with Crippen molar-refractivity contribution in [3.63, 3.8) is 0 Å². The van der Waals surface area contributed by atoms with Crippen molar-refractivity contribution in [2.75, 3.05) is 0 Å². The quantitative estimate of drug-likeness (QED) is 0.560. The van der Waals surface area contributed by atoms with Gasteiger partial charge in [0.15, 0.2) is 0 Å². The second-order valence-corrected chi connectivity index (χ2v) is 4.52. The van der Waals surface area contributed by atoms with E-state index in [1.807, 2.05) is 6.07 Å². The molecule has 0 bridgehead atoms. The zero-order valence-corrected chi connectivity index (χ0v) is 10.8. The first-order chi connectivity index (χ1) is 8.45. The van der Waals surface area contributed by atoms with E-state index < -0.39 is 23.4 Å². The van der Waals surface area contributed by atoms with Crippen molar-refractivity contribution in [2.24, 2.45) is 0 Å². The summed E-state index contributed by atoms with van der Waals surface area (Å²) in [5.74, 6) is -2.67. The standard InChI is InChI=1S/C13H13NO4.ClH/c14-13(12(17)18)7-9(11(15)16)6-10(13)8-4-2-1-3-5-8;/h1-6,10H,7,14H2,(H,15,16)(H,17,18);1H/t10-,13-;/m0./s1. The highest BCUT2D eigenvalue weighted by molar-refractivity contribution is 5.92. The first-order valence-corrected chi connectivity index (χ1v) is 5.53. The van der Waals surface area contributed by atoms with E-state index in [2.05, 4.69) is 5.73 Å². The molecular weight excluding hydrogens is 270 g/mol. The topological polar surface area (TPSA) is 102 Å². The van der Waals surface area contributed by atoms with Crippen LogP contribution in [0.25, 0.3) is 0 Å². The number of aliphatic carboxylic acids is 2. The van der Waals surface area contributed by atoms with E-state index in [1.54, 1.807) is 24.3 Å². The van der Waals surface area contributed by atoms with Crippen molar-refractivity contribution in [2.45, 2.75) is 17.9 Å². The first-order valence-electron chi connectivity index (χ1n) is 5.53. The van der Waals surface area contributed by atoms with Gasteiger partial charge in [0.25, 0.3) is 0 Å². The number of carbonyl (C=O) groups is 2. The van der Waals surface area contributed by atoms with Crippen molar-refractivity contribution >= 4 is 11.9 Å². The number of benzene rings is 1. The molecule has 102 valence electrons. The van der Waals surface area contributed by atoms with E-state index >= 15 is 0 Å². The molecule has 1 aromatic rings. The molecule has 0 spiro atoms. The maximum absolute atomic E-state index is 11.4. The van der Waals surface area contributed by atoms with Crippen molar-refractivity contribution in [3.8, 4) is 0 Å². The normalized spacial score (nSPS) is 25.3. The van der Waals surface area contributed by atoms with E-state index in [0.717, 1.165) is 5.56 Å². The van der Waals surface area contributed by atoms with Crippen molar-refractivity contribution in [1.29, 1.82) is 0 Å². The average molecular weight is 284 g/mol. The summed E-state index contributed by atoms with van der Waals surface area (Å²) in [6.45, 7) is 0. The molecule has 1 aliphatic carbocycles. The molecule has 5 nitrogen and oxygen atoms in total. The van der Waals surface area contributed by atoms with E-state index in [-0.39, 0.29) is 24.4 Å². The smallest absolute Gasteiger partial charge is 0.366 e. The summed E-state index contributed by atoms with van der Waals surface area (Å²) in [5.41, 5.74) is 3.29. The molecule has 2 atom stereocenters. The third-order valence-electron chi connectivity index (χ3n) is 3.33. The van der Waals surface area contributed by atoms with Gasteiger partial charge in [0.05, 0.1) is 5.92 Å². The Morgan fingerprint density at radius 3 is 2.26 bits per heavy atom. The van der Waals surface area contributed by atoms with Crippen molar-refractivity contribution in [1.82, 2.24) is 0 Å². The summed E-state index contributed by atoms with van der Waals surface area (Å²) < 4.78 is 0. The molecule has 1 aliphatic rings. The van der Waals surface area contributed by atoms with Crippen LogP contribution < -0.4 is 18.1 Å². The second-order valence-electron chi connectivity index (χ2n) is 4.52. The zero-order chi connectivity index (χ0) is 13.3. The minimum atomic E-state index is -1.34. The Bertz CT molecular complexity index is 529. The molecule has 19 heavy (non-hydrogen) atoms. The summed E-state index contributed by atoms with van der Waals surface area (Å²) in [7, 11) is 0. The highest BCUT2D eigenvalue weighted by atomic mass is 35.5. The molecule has 0 aliphatic heterocycles. The third kappa shape index (κ3) is 2.62. The van der Waals surface area contributed by atoms with Crippen LogP contribution in [-0.2, 0) is 9.59 Å². The fraction of sp³-hybridized carbons (Fsp3) is 0.231. The van der Waals surface area contributed by atoms with E-state index in [1.165, 1.54) is 6.08 Å². The zero-order valence-electron chi connectivity index (χ0n) is 10.0. The largest absolute Gasteiger partial charge is 1.00 e. The molecule has 2 rings (SSSR count). The predicted molar refractivity (Wildman–Crippen MR) is 62.8 cm³/mol. The number of carboxylic acids is 2. The molecule has 0 aromatic heterocycles. The Morgan fingerprint density at radius 2 is 1.79 bits per heavy atom. The molecule has 0 saturated heterocycles. The van der Waals surface area contributed by atoms with Gasteiger partial charge in [-0.1, -0.05) is 36.4 Å². The van der Waals surface area contributed by atoms with Crippen LogP contribution in [0.2, 0.25) is 0 Å². The Hall–Kier alpha value is -1.85. The minimum absolute atomic E-state index is 0. The van der Waals surface area contributed by atoms with Crippen LogP contribution in [-0.4, -0.2) is 27.7 Å². The van der Waals surface area contributed by atoms with Gasteiger partial charge in [-0.15, -0.1) is 0 Å². The van der Waals surface area contributed by atoms with Gasteiger partial charge < -0.3 is 28.4 Å². The fourth-order valence-electron chi connectivity index (χ4n) is 2.30. The average Bonchev–Trinajstić information content (AvgIpc) is 2.70. The van der Waals surface area contributed by atoms with E-state index in [4.69, 9.17) is 5.11 Å². The Labute approximate surface area is 116 Å². The third-order valence-corrected chi connectivity index (χ3v) is 3.33. The molecule has 0 saturated carbocycles. The number of hydrogen-bond acceptors (Lipinski definition) is 2. The molecule has 6 heteroatoms. The maximum atomic E-state index is 11.4. The minimum Gasteiger partial charge on any atom is -1.00 e. The summed E-state index contributed by atoms with van der Waals surface area (Å²) in [6.07, 6.45) is 1.44. The molecule has 0 unspecified atom stereocenters. The van der Waals surface area contributed by atoms with Crippen LogP contribution in [0.5, 0.6) is 0 Å². The number of rotatable bonds is 3. The summed E-state index contributed by atoms with van der Waals surface area (Å²) in [6, 6.07) is 8.99. The van der Waals surface area contributed by atoms with Crippen LogP contribution in [0.15, 0.2) is 42.0 Å². The number of carboxylic acid groups (broad SMARTS) is 2. The summed E-state index contributed by atoms with van der Waals surface area (Å²) in [4.78, 5) is 22.4. The molecule has 0 amide bonds. The molecule has 1 aromatic carbocycles. The molecule has 0 heterocycles. The number of hydrogen-bond donors (Lipinski definition) is 3. The molecule has 0 fully saturated rings. The van der Waals surface area contributed by atoms with E-state index in [0.29, 0.717) is 0 Å².